The molecule has 0 aliphatic carbocycles. The van der Waals surface area contributed by atoms with Crippen LogP contribution in [-0.2, 0) is 11.3 Å². The molecule has 31 heavy (non-hydrogen) atoms. The van der Waals surface area contributed by atoms with Gasteiger partial charge in [0.1, 0.15) is 5.70 Å². The number of imide groups is 1. The molecule has 2 heterocycles. The zero-order chi connectivity index (χ0) is 22.5. The lowest BCUT2D eigenvalue weighted by molar-refractivity contribution is -0.123. The summed E-state index contributed by atoms with van der Waals surface area (Å²) < 4.78 is 0. The van der Waals surface area contributed by atoms with Crippen molar-refractivity contribution in [2.24, 2.45) is 0 Å². The number of halogens is 2. The van der Waals surface area contributed by atoms with Gasteiger partial charge in [0.05, 0.1) is 6.54 Å². The molecule has 0 saturated carbocycles. The second-order valence-corrected chi connectivity index (χ2v) is 9.76. The molecule has 0 aromatic heterocycles. The molecule has 1 atom stereocenters. The van der Waals surface area contributed by atoms with Crippen LogP contribution in [0.3, 0.4) is 0 Å². The van der Waals surface area contributed by atoms with Crippen molar-refractivity contribution in [2.75, 3.05) is 11.9 Å². The maximum atomic E-state index is 12.9. The summed E-state index contributed by atoms with van der Waals surface area (Å²) in [5.41, 5.74) is 4.08. The van der Waals surface area contributed by atoms with Crippen LogP contribution in [0.25, 0.3) is 6.08 Å². The van der Waals surface area contributed by atoms with Gasteiger partial charge in [0.25, 0.3) is 5.91 Å². The molecule has 0 bridgehead atoms. The second kappa shape index (κ2) is 7.88. The average Bonchev–Trinajstić information content (AvgIpc) is 2.96. The van der Waals surface area contributed by atoms with Crippen molar-refractivity contribution < 1.29 is 9.59 Å². The van der Waals surface area contributed by atoms with Gasteiger partial charge in [-0.25, -0.2) is 4.79 Å². The van der Waals surface area contributed by atoms with Gasteiger partial charge in [-0.15, -0.1) is 0 Å². The fourth-order valence-electron chi connectivity index (χ4n) is 4.36. The number of carbonyl (C=O) groups excluding carboxylic acids is 2. The van der Waals surface area contributed by atoms with Gasteiger partial charge in [0.15, 0.2) is 0 Å². The van der Waals surface area contributed by atoms with E-state index in [0.717, 1.165) is 23.2 Å². The number of anilines is 1. The number of hydrogen-bond acceptors (Lipinski definition) is 3. The van der Waals surface area contributed by atoms with E-state index < -0.39 is 6.03 Å². The molecule has 1 unspecified atom stereocenters. The highest BCUT2D eigenvalue weighted by Crippen LogP contribution is 2.44. The zero-order valence-corrected chi connectivity index (χ0v) is 19.5. The molecule has 0 radical (unpaired) electrons. The Labute approximate surface area is 192 Å². The number of fused-ring (bicyclic) bond motifs is 1. The van der Waals surface area contributed by atoms with Crippen molar-refractivity contribution in [3.05, 3.63) is 68.8 Å². The Morgan fingerprint density at radius 1 is 1.16 bits per heavy atom. The monoisotopic (exact) mass is 457 g/mol. The van der Waals surface area contributed by atoms with Gasteiger partial charge in [-0.3, -0.25) is 9.69 Å². The fraction of sp³-hybridized carbons (Fsp3) is 0.333. The van der Waals surface area contributed by atoms with Gasteiger partial charge in [-0.1, -0.05) is 42.3 Å². The molecular weight excluding hydrogens is 433 g/mol. The number of nitrogens with zero attached hydrogens (tertiary/aromatic N) is 2. The number of benzene rings is 2. The Hall–Kier alpha value is -2.50. The van der Waals surface area contributed by atoms with E-state index >= 15 is 0 Å². The van der Waals surface area contributed by atoms with Crippen LogP contribution in [0.4, 0.5) is 10.5 Å². The summed E-state index contributed by atoms with van der Waals surface area (Å²) in [6.45, 7) is 6.82. The molecule has 1 saturated heterocycles. The molecule has 2 aromatic rings. The molecule has 0 spiro atoms. The van der Waals surface area contributed by atoms with Crippen LogP contribution >= 0.6 is 23.2 Å². The molecule has 7 heteroatoms. The van der Waals surface area contributed by atoms with Crippen LogP contribution in [0.1, 0.15) is 49.8 Å². The highest BCUT2D eigenvalue weighted by molar-refractivity contribution is 6.32. The lowest BCUT2D eigenvalue weighted by Gasteiger charge is -2.45. The summed E-state index contributed by atoms with van der Waals surface area (Å²) in [6, 6.07) is 10.6. The van der Waals surface area contributed by atoms with Crippen molar-refractivity contribution in [1.29, 1.82) is 0 Å². The van der Waals surface area contributed by atoms with Crippen LogP contribution in [0.5, 0.6) is 0 Å². The fourth-order valence-corrected chi connectivity index (χ4v) is 4.70. The summed E-state index contributed by atoms with van der Waals surface area (Å²) in [4.78, 5) is 28.8. The minimum Gasteiger partial charge on any atom is -0.369 e. The Morgan fingerprint density at radius 3 is 2.52 bits per heavy atom. The third kappa shape index (κ3) is 4.04. The van der Waals surface area contributed by atoms with E-state index in [9.17, 15) is 9.59 Å². The molecule has 1 fully saturated rings. The normalized spacial score (nSPS) is 21.5. The predicted octanol–water partition coefficient (Wildman–Crippen LogP) is 5.81. The molecule has 2 aliphatic rings. The number of carbonyl (C=O) groups is 2. The highest BCUT2D eigenvalue weighted by atomic mass is 35.5. The van der Waals surface area contributed by atoms with Crippen molar-refractivity contribution in [3.8, 4) is 0 Å². The van der Waals surface area contributed by atoms with E-state index in [1.165, 1.54) is 10.5 Å². The zero-order valence-electron chi connectivity index (χ0n) is 18.0. The highest BCUT2D eigenvalue weighted by Gasteiger charge is 2.36. The van der Waals surface area contributed by atoms with Gasteiger partial charge in [-0.2, -0.15) is 0 Å². The number of nitrogens with one attached hydrogen (secondary N) is 1. The first-order valence-corrected chi connectivity index (χ1v) is 11.0. The van der Waals surface area contributed by atoms with Gasteiger partial charge < -0.3 is 10.2 Å². The molecule has 3 amide bonds. The summed E-state index contributed by atoms with van der Waals surface area (Å²) in [5.74, 6) is -0.0223. The first kappa shape index (κ1) is 21.7. The van der Waals surface area contributed by atoms with Crippen molar-refractivity contribution in [1.82, 2.24) is 10.2 Å². The first-order chi connectivity index (χ1) is 14.6. The number of hydrogen-bond donors (Lipinski definition) is 1. The maximum Gasteiger partial charge on any atom is 0.329 e. The van der Waals surface area contributed by atoms with Gasteiger partial charge in [-0.05, 0) is 73.2 Å². The average molecular weight is 458 g/mol. The van der Waals surface area contributed by atoms with E-state index in [1.807, 2.05) is 12.1 Å². The van der Waals surface area contributed by atoms with Crippen LogP contribution in [-0.4, -0.2) is 29.4 Å². The predicted molar refractivity (Wildman–Crippen MR) is 125 cm³/mol. The van der Waals surface area contributed by atoms with Crippen molar-refractivity contribution in [3.63, 3.8) is 0 Å². The number of amides is 3. The van der Waals surface area contributed by atoms with Crippen LogP contribution in [0.2, 0.25) is 10.0 Å². The molecule has 5 nitrogen and oxygen atoms in total. The summed E-state index contributed by atoms with van der Waals surface area (Å²) in [6.07, 6.45) is 2.68. The molecule has 2 aliphatic heterocycles. The first-order valence-electron chi connectivity index (χ1n) is 10.2. The van der Waals surface area contributed by atoms with Crippen LogP contribution in [0.15, 0.2) is 42.1 Å². The topological polar surface area (TPSA) is 52.7 Å². The molecule has 4 rings (SSSR count). The Kier molecular flexibility index (Phi) is 5.52. The number of urea groups is 1. The molecular formula is C24H25Cl2N3O2. The van der Waals surface area contributed by atoms with Gasteiger partial charge >= 0.3 is 6.03 Å². The second-order valence-electron chi connectivity index (χ2n) is 8.92. The van der Waals surface area contributed by atoms with Gasteiger partial charge in [0.2, 0.25) is 0 Å². The summed E-state index contributed by atoms with van der Waals surface area (Å²) in [5, 5.41) is 3.82. The quantitative estimate of drug-likeness (QED) is 0.467. The van der Waals surface area contributed by atoms with E-state index in [-0.39, 0.29) is 23.7 Å². The SMILES string of the molecule is CC1CC(C)(C)N(C)c2cc(Cl)c(/C=C3/NC(=O)N(Cc4ccc(Cl)cc4)C3=O)cc21. The van der Waals surface area contributed by atoms with Crippen LogP contribution < -0.4 is 10.2 Å². The summed E-state index contributed by atoms with van der Waals surface area (Å²) in [7, 11) is 2.08. The van der Waals surface area contributed by atoms with E-state index in [1.54, 1.807) is 30.3 Å². The smallest absolute Gasteiger partial charge is 0.329 e. The maximum absolute atomic E-state index is 12.9. The van der Waals surface area contributed by atoms with Gasteiger partial charge in [0, 0.05) is 28.3 Å². The summed E-state index contributed by atoms with van der Waals surface area (Å²) >= 11 is 12.5. The Balaban J connectivity index is 1.63. The number of rotatable bonds is 3. The lowest BCUT2D eigenvalue weighted by Crippen LogP contribution is -2.45. The largest absolute Gasteiger partial charge is 0.369 e. The van der Waals surface area contributed by atoms with Crippen LogP contribution in [0, 0.1) is 0 Å². The minimum atomic E-state index is -0.449. The lowest BCUT2D eigenvalue weighted by atomic mass is 9.80. The Bertz CT molecular complexity index is 1090. The van der Waals surface area contributed by atoms with E-state index in [4.69, 9.17) is 23.2 Å². The molecule has 2 aromatic carbocycles. The van der Waals surface area contributed by atoms with E-state index in [2.05, 4.69) is 38.0 Å². The third-order valence-corrected chi connectivity index (χ3v) is 6.85. The van der Waals surface area contributed by atoms with Crippen molar-refractivity contribution >= 4 is 46.9 Å². The third-order valence-electron chi connectivity index (χ3n) is 6.27. The molecule has 162 valence electrons. The molecule has 1 N–H and O–H groups in total. The van der Waals surface area contributed by atoms with E-state index in [0.29, 0.717) is 16.0 Å². The van der Waals surface area contributed by atoms with Crippen molar-refractivity contribution in [2.45, 2.75) is 45.2 Å². The standard InChI is InChI=1S/C24H25Cl2N3O2/c1-14-12-24(2,3)28(4)21-11-19(26)16(9-18(14)21)10-20-22(30)29(23(31)27-20)13-15-5-7-17(25)8-6-15/h5-11,14H,12-13H2,1-4H3,(H,27,31)/b20-10+. The Morgan fingerprint density at radius 2 is 1.84 bits per heavy atom. The minimum absolute atomic E-state index is 0.0350.